The lowest BCUT2D eigenvalue weighted by Gasteiger charge is -2.08. The Bertz CT molecular complexity index is 1060. The summed E-state index contributed by atoms with van der Waals surface area (Å²) >= 11 is 0. The van der Waals surface area contributed by atoms with E-state index < -0.39 is 0 Å². The van der Waals surface area contributed by atoms with Crippen molar-refractivity contribution in [2.75, 3.05) is 0 Å². The van der Waals surface area contributed by atoms with Gasteiger partial charge >= 0.3 is 0 Å². The van der Waals surface area contributed by atoms with Crippen LogP contribution in [0.4, 0.5) is 0 Å². The van der Waals surface area contributed by atoms with Crippen molar-refractivity contribution in [1.82, 2.24) is 4.57 Å². The predicted octanol–water partition coefficient (Wildman–Crippen LogP) is 4.88. The van der Waals surface area contributed by atoms with Crippen molar-refractivity contribution in [1.29, 1.82) is 0 Å². The zero-order valence-electron chi connectivity index (χ0n) is 13.8. The number of ketones is 1. The molecule has 3 heteroatoms. The molecular formula is C22H17NO2. The second-order valence-corrected chi connectivity index (χ2v) is 6.03. The average molecular weight is 327 g/mol. The summed E-state index contributed by atoms with van der Waals surface area (Å²) < 4.78 is 2.06. The highest BCUT2D eigenvalue weighted by Gasteiger charge is 2.22. The van der Waals surface area contributed by atoms with E-state index in [4.69, 9.17) is 0 Å². The summed E-state index contributed by atoms with van der Waals surface area (Å²) in [4.78, 5) is 13.1. The first-order valence-corrected chi connectivity index (χ1v) is 8.16. The van der Waals surface area contributed by atoms with Gasteiger partial charge in [-0.25, -0.2) is 0 Å². The molecule has 1 N–H and O–H groups in total. The molecule has 0 aliphatic carbocycles. The number of benzene rings is 3. The van der Waals surface area contributed by atoms with Crippen molar-refractivity contribution in [3.63, 3.8) is 0 Å². The molecule has 122 valence electrons. The van der Waals surface area contributed by atoms with Crippen molar-refractivity contribution in [3.8, 4) is 11.4 Å². The Labute approximate surface area is 145 Å². The minimum atomic E-state index is -0.0385. The van der Waals surface area contributed by atoms with E-state index in [1.54, 1.807) is 12.1 Å². The molecule has 3 nitrogen and oxygen atoms in total. The first-order chi connectivity index (χ1) is 12.2. The fraction of sp³-hybridized carbons (Fsp3) is 0.0455. The lowest BCUT2D eigenvalue weighted by atomic mass is 10.0. The summed E-state index contributed by atoms with van der Waals surface area (Å²) in [6.45, 7) is 1.94. The zero-order valence-corrected chi connectivity index (χ0v) is 13.8. The van der Waals surface area contributed by atoms with Gasteiger partial charge < -0.3 is 9.67 Å². The number of aromatic nitrogens is 1. The summed E-state index contributed by atoms with van der Waals surface area (Å²) in [6, 6.07) is 24.3. The quantitative estimate of drug-likeness (QED) is 0.545. The summed E-state index contributed by atoms with van der Waals surface area (Å²) in [5, 5.41) is 10.7. The number of rotatable bonds is 3. The summed E-state index contributed by atoms with van der Waals surface area (Å²) in [6.07, 6.45) is 0. The van der Waals surface area contributed by atoms with E-state index in [1.165, 1.54) is 0 Å². The highest BCUT2D eigenvalue weighted by Crippen LogP contribution is 2.33. The molecule has 0 spiro atoms. The summed E-state index contributed by atoms with van der Waals surface area (Å²) in [5.74, 6) is 0.114. The van der Waals surface area contributed by atoms with Crippen LogP contribution in [0.15, 0.2) is 78.9 Å². The van der Waals surface area contributed by atoms with Gasteiger partial charge in [-0.05, 0) is 37.3 Å². The molecule has 0 aliphatic heterocycles. The number of hydrogen-bond acceptors (Lipinski definition) is 2. The van der Waals surface area contributed by atoms with Gasteiger partial charge in [0.05, 0.1) is 11.1 Å². The van der Waals surface area contributed by atoms with Crippen LogP contribution < -0.4 is 0 Å². The maximum absolute atomic E-state index is 13.1. The highest BCUT2D eigenvalue weighted by atomic mass is 16.3. The fourth-order valence-electron chi connectivity index (χ4n) is 3.34. The molecule has 0 saturated heterocycles. The number of carbonyl (C=O) groups excluding carboxylic acids is 1. The number of aromatic hydroxyl groups is 1. The monoisotopic (exact) mass is 327 g/mol. The molecule has 0 saturated carbocycles. The second kappa shape index (κ2) is 5.95. The van der Waals surface area contributed by atoms with Gasteiger partial charge in [0.15, 0.2) is 5.78 Å². The Morgan fingerprint density at radius 1 is 0.880 bits per heavy atom. The van der Waals surface area contributed by atoms with E-state index >= 15 is 0 Å². The van der Waals surface area contributed by atoms with E-state index in [0.29, 0.717) is 11.1 Å². The smallest absolute Gasteiger partial charge is 0.195 e. The number of para-hydroxylation sites is 1. The lowest BCUT2D eigenvalue weighted by molar-refractivity contribution is 0.103. The molecule has 4 rings (SSSR count). The lowest BCUT2D eigenvalue weighted by Crippen LogP contribution is -2.04. The van der Waals surface area contributed by atoms with Gasteiger partial charge in [0.2, 0.25) is 0 Å². The number of phenols is 1. The SMILES string of the molecule is Cc1c(C(=O)c2ccccc2)c2cc(O)ccc2n1-c1ccccc1. The minimum absolute atomic E-state index is 0.0385. The van der Waals surface area contributed by atoms with E-state index in [0.717, 1.165) is 22.3 Å². The highest BCUT2D eigenvalue weighted by molar-refractivity contribution is 6.18. The van der Waals surface area contributed by atoms with Gasteiger partial charge in [0.25, 0.3) is 0 Å². The summed E-state index contributed by atoms with van der Waals surface area (Å²) in [5.41, 5.74) is 4.02. The molecule has 4 aromatic rings. The van der Waals surface area contributed by atoms with Crippen molar-refractivity contribution in [3.05, 3.63) is 95.7 Å². The third kappa shape index (κ3) is 2.50. The van der Waals surface area contributed by atoms with E-state index in [1.807, 2.05) is 73.7 Å². The number of hydrogen-bond donors (Lipinski definition) is 1. The molecule has 0 radical (unpaired) electrons. The van der Waals surface area contributed by atoms with Crippen molar-refractivity contribution >= 4 is 16.7 Å². The van der Waals surface area contributed by atoms with Crippen LogP contribution in [-0.2, 0) is 0 Å². The molecule has 0 unspecified atom stereocenters. The molecule has 3 aromatic carbocycles. The molecular weight excluding hydrogens is 310 g/mol. The first kappa shape index (κ1) is 15.2. The van der Waals surface area contributed by atoms with Gasteiger partial charge in [0.1, 0.15) is 5.75 Å². The zero-order chi connectivity index (χ0) is 17.4. The third-order valence-electron chi connectivity index (χ3n) is 4.47. The molecule has 25 heavy (non-hydrogen) atoms. The Morgan fingerprint density at radius 3 is 2.20 bits per heavy atom. The molecule has 0 fully saturated rings. The van der Waals surface area contributed by atoms with Crippen LogP contribution in [0.3, 0.4) is 0 Å². The van der Waals surface area contributed by atoms with E-state index in [9.17, 15) is 9.90 Å². The molecule has 1 aromatic heterocycles. The minimum Gasteiger partial charge on any atom is -0.508 e. The number of fused-ring (bicyclic) bond motifs is 1. The molecule has 0 bridgehead atoms. The van der Waals surface area contributed by atoms with Gasteiger partial charge in [-0.15, -0.1) is 0 Å². The van der Waals surface area contributed by atoms with Crippen LogP contribution >= 0.6 is 0 Å². The summed E-state index contributed by atoms with van der Waals surface area (Å²) in [7, 11) is 0. The van der Waals surface area contributed by atoms with Crippen LogP contribution in [0.1, 0.15) is 21.6 Å². The van der Waals surface area contributed by atoms with E-state index in [2.05, 4.69) is 4.57 Å². The fourth-order valence-corrected chi connectivity index (χ4v) is 3.34. The maximum Gasteiger partial charge on any atom is 0.195 e. The Balaban J connectivity index is 2.03. The van der Waals surface area contributed by atoms with Crippen LogP contribution in [0, 0.1) is 6.92 Å². The van der Waals surface area contributed by atoms with Gasteiger partial charge in [-0.2, -0.15) is 0 Å². The molecule has 0 amide bonds. The van der Waals surface area contributed by atoms with Crippen molar-refractivity contribution in [2.45, 2.75) is 6.92 Å². The Hall–Kier alpha value is -3.33. The van der Waals surface area contributed by atoms with Crippen molar-refractivity contribution in [2.24, 2.45) is 0 Å². The maximum atomic E-state index is 13.1. The van der Waals surface area contributed by atoms with Crippen LogP contribution in [0.2, 0.25) is 0 Å². The van der Waals surface area contributed by atoms with Gasteiger partial charge in [-0.3, -0.25) is 4.79 Å². The van der Waals surface area contributed by atoms with E-state index in [-0.39, 0.29) is 11.5 Å². The average Bonchev–Trinajstić information content (AvgIpc) is 2.93. The van der Waals surface area contributed by atoms with Crippen LogP contribution in [-0.4, -0.2) is 15.5 Å². The normalized spacial score (nSPS) is 10.9. The number of nitrogens with zero attached hydrogens (tertiary/aromatic N) is 1. The van der Waals surface area contributed by atoms with Gasteiger partial charge in [0, 0.05) is 22.3 Å². The molecule has 0 aliphatic rings. The Morgan fingerprint density at radius 2 is 1.52 bits per heavy atom. The Kier molecular flexibility index (Phi) is 3.62. The predicted molar refractivity (Wildman–Crippen MR) is 99.6 cm³/mol. The van der Waals surface area contributed by atoms with Gasteiger partial charge in [-0.1, -0.05) is 48.5 Å². The number of phenolic OH excluding ortho intramolecular Hbond substituents is 1. The van der Waals surface area contributed by atoms with Crippen LogP contribution in [0.5, 0.6) is 5.75 Å². The topological polar surface area (TPSA) is 42.2 Å². The molecule has 0 atom stereocenters. The molecule has 1 heterocycles. The largest absolute Gasteiger partial charge is 0.508 e. The van der Waals surface area contributed by atoms with Crippen LogP contribution in [0.25, 0.3) is 16.6 Å². The second-order valence-electron chi connectivity index (χ2n) is 6.03. The first-order valence-electron chi connectivity index (χ1n) is 8.16. The van der Waals surface area contributed by atoms with Crippen molar-refractivity contribution < 1.29 is 9.90 Å². The standard InChI is InChI=1S/C22H17NO2/c1-15-21(22(25)16-8-4-2-5-9-16)19-14-18(24)12-13-20(19)23(15)17-10-6-3-7-11-17/h2-14,24H,1H3. The third-order valence-corrected chi connectivity index (χ3v) is 4.47. The number of carbonyl (C=O) groups is 1.